The molecular formula is C15H18N2. The van der Waals surface area contributed by atoms with Crippen LogP contribution in [0.5, 0.6) is 0 Å². The van der Waals surface area contributed by atoms with Crippen molar-refractivity contribution in [2.24, 2.45) is 0 Å². The number of pyridine rings is 1. The van der Waals surface area contributed by atoms with Crippen LogP contribution in [0.1, 0.15) is 18.2 Å². The van der Waals surface area contributed by atoms with Crippen LogP contribution < -0.4 is 5.32 Å². The fourth-order valence-corrected chi connectivity index (χ4v) is 1.74. The van der Waals surface area contributed by atoms with E-state index in [-0.39, 0.29) is 0 Å². The van der Waals surface area contributed by atoms with Crippen LogP contribution in [0.15, 0.2) is 48.7 Å². The lowest BCUT2D eigenvalue weighted by molar-refractivity contribution is 0.961. The summed E-state index contributed by atoms with van der Waals surface area (Å²) in [6.45, 7) is 3.09. The van der Waals surface area contributed by atoms with Gasteiger partial charge >= 0.3 is 0 Å². The van der Waals surface area contributed by atoms with Crippen LogP contribution in [0.4, 0.5) is 5.69 Å². The minimum Gasteiger partial charge on any atom is -0.385 e. The average Bonchev–Trinajstić information content (AvgIpc) is 2.41. The number of hydrogen-bond acceptors (Lipinski definition) is 2. The molecule has 0 spiro atoms. The standard InChI is InChI=1S/C15H18N2/c1-2-13-6-8-15(9-7-13)17-12-10-14-5-3-4-11-16-14/h3-9,11,17H,2,10,12H2,1H3. The summed E-state index contributed by atoms with van der Waals surface area (Å²) < 4.78 is 0. The summed E-state index contributed by atoms with van der Waals surface area (Å²) in [4.78, 5) is 4.30. The lowest BCUT2D eigenvalue weighted by atomic mass is 10.1. The van der Waals surface area contributed by atoms with E-state index in [9.17, 15) is 0 Å². The van der Waals surface area contributed by atoms with E-state index < -0.39 is 0 Å². The SMILES string of the molecule is CCc1ccc(NCCc2ccccn2)cc1. The first-order chi connectivity index (χ1) is 8.38. The van der Waals surface area contributed by atoms with Crippen molar-refractivity contribution < 1.29 is 0 Å². The van der Waals surface area contributed by atoms with Gasteiger partial charge in [0, 0.05) is 30.5 Å². The minimum atomic E-state index is 0.919. The lowest BCUT2D eigenvalue weighted by Gasteiger charge is -2.06. The predicted octanol–water partition coefficient (Wildman–Crippen LogP) is 3.30. The van der Waals surface area contributed by atoms with Crippen molar-refractivity contribution in [2.45, 2.75) is 19.8 Å². The van der Waals surface area contributed by atoms with Crippen molar-refractivity contribution in [1.82, 2.24) is 4.98 Å². The minimum absolute atomic E-state index is 0.919. The zero-order valence-electron chi connectivity index (χ0n) is 10.2. The molecule has 0 radical (unpaired) electrons. The summed E-state index contributed by atoms with van der Waals surface area (Å²) in [5, 5.41) is 3.40. The third-order valence-electron chi connectivity index (χ3n) is 2.80. The number of aromatic nitrogens is 1. The summed E-state index contributed by atoms with van der Waals surface area (Å²) in [5.74, 6) is 0. The largest absolute Gasteiger partial charge is 0.385 e. The molecule has 0 saturated carbocycles. The number of anilines is 1. The van der Waals surface area contributed by atoms with Crippen LogP contribution in [0, 0.1) is 0 Å². The van der Waals surface area contributed by atoms with Gasteiger partial charge in [0.15, 0.2) is 0 Å². The molecule has 0 fully saturated rings. The quantitative estimate of drug-likeness (QED) is 0.846. The van der Waals surface area contributed by atoms with E-state index in [1.165, 1.54) is 11.3 Å². The highest BCUT2D eigenvalue weighted by molar-refractivity contribution is 5.44. The molecule has 0 aliphatic heterocycles. The number of hydrogen-bond donors (Lipinski definition) is 1. The molecule has 0 bridgehead atoms. The van der Waals surface area contributed by atoms with Crippen molar-refractivity contribution in [3.05, 3.63) is 59.9 Å². The average molecular weight is 226 g/mol. The molecular weight excluding hydrogens is 208 g/mol. The van der Waals surface area contributed by atoms with Crippen molar-refractivity contribution in [1.29, 1.82) is 0 Å². The second-order valence-electron chi connectivity index (χ2n) is 4.05. The molecule has 0 aliphatic carbocycles. The van der Waals surface area contributed by atoms with Gasteiger partial charge < -0.3 is 5.32 Å². The Hall–Kier alpha value is -1.83. The van der Waals surface area contributed by atoms with Gasteiger partial charge in [-0.15, -0.1) is 0 Å². The highest BCUT2D eigenvalue weighted by Gasteiger charge is 1.94. The summed E-state index contributed by atoms with van der Waals surface area (Å²) in [5.41, 5.74) is 3.68. The highest BCUT2D eigenvalue weighted by Crippen LogP contribution is 2.09. The molecule has 0 saturated heterocycles. The molecule has 1 heterocycles. The Bertz CT molecular complexity index is 434. The van der Waals surface area contributed by atoms with Gasteiger partial charge in [0.05, 0.1) is 0 Å². The smallest absolute Gasteiger partial charge is 0.0421 e. The van der Waals surface area contributed by atoms with E-state index in [0.29, 0.717) is 0 Å². The Morgan fingerprint density at radius 3 is 2.53 bits per heavy atom. The number of rotatable bonds is 5. The molecule has 2 heteroatoms. The molecule has 1 aromatic heterocycles. The molecule has 17 heavy (non-hydrogen) atoms. The van der Waals surface area contributed by atoms with Gasteiger partial charge in [-0.25, -0.2) is 0 Å². The highest BCUT2D eigenvalue weighted by atomic mass is 14.9. The summed E-state index contributed by atoms with van der Waals surface area (Å²) >= 11 is 0. The van der Waals surface area contributed by atoms with Crippen molar-refractivity contribution >= 4 is 5.69 Å². The summed E-state index contributed by atoms with van der Waals surface area (Å²) in [6.07, 6.45) is 3.88. The van der Waals surface area contributed by atoms with E-state index in [0.717, 1.165) is 25.1 Å². The van der Waals surface area contributed by atoms with Crippen LogP contribution in [-0.4, -0.2) is 11.5 Å². The van der Waals surface area contributed by atoms with Gasteiger partial charge in [-0.2, -0.15) is 0 Å². The first kappa shape index (κ1) is 11.6. The maximum atomic E-state index is 4.30. The third kappa shape index (κ3) is 3.59. The van der Waals surface area contributed by atoms with E-state index >= 15 is 0 Å². The number of aryl methyl sites for hydroxylation is 1. The molecule has 0 aliphatic rings. The van der Waals surface area contributed by atoms with Crippen LogP contribution >= 0.6 is 0 Å². The summed E-state index contributed by atoms with van der Waals surface area (Å²) in [6, 6.07) is 14.6. The van der Waals surface area contributed by atoms with E-state index in [1.54, 1.807) is 0 Å². The Labute approximate surface area is 103 Å². The topological polar surface area (TPSA) is 24.9 Å². The van der Waals surface area contributed by atoms with Gasteiger partial charge in [0.1, 0.15) is 0 Å². The van der Waals surface area contributed by atoms with Crippen LogP contribution in [0.25, 0.3) is 0 Å². The predicted molar refractivity (Wildman–Crippen MR) is 72.3 cm³/mol. The fraction of sp³-hybridized carbons (Fsp3) is 0.267. The normalized spacial score (nSPS) is 10.2. The van der Waals surface area contributed by atoms with Crippen LogP contribution in [-0.2, 0) is 12.8 Å². The molecule has 2 rings (SSSR count). The Morgan fingerprint density at radius 1 is 1.06 bits per heavy atom. The van der Waals surface area contributed by atoms with Crippen LogP contribution in [0.3, 0.4) is 0 Å². The molecule has 1 aromatic carbocycles. The molecule has 2 aromatic rings. The maximum Gasteiger partial charge on any atom is 0.0421 e. The molecule has 0 unspecified atom stereocenters. The van der Waals surface area contributed by atoms with E-state index in [2.05, 4.69) is 47.6 Å². The van der Waals surface area contributed by atoms with Gasteiger partial charge in [-0.1, -0.05) is 25.1 Å². The number of nitrogens with zero attached hydrogens (tertiary/aromatic N) is 1. The monoisotopic (exact) mass is 226 g/mol. The third-order valence-corrected chi connectivity index (χ3v) is 2.80. The van der Waals surface area contributed by atoms with Crippen molar-refractivity contribution in [2.75, 3.05) is 11.9 Å². The molecule has 88 valence electrons. The van der Waals surface area contributed by atoms with Crippen molar-refractivity contribution in [3.8, 4) is 0 Å². The molecule has 2 nitrogen and oxygen atoms in total. The molecule has 1 N–H and O–H groups in total. The lowest BCUT2D eigenvalue weighted by Crippen LogP contribution is -2.05. The van der Waals surface area contributed by atoms with Gasteiger partial charge in [0.25, 0.3) is 0 Å². The second-order valence-corrected chi connectivity index (χ2v) is 4.05. The molecule has 0 amide bonds. The van der Waals surface area contributed by atoms with E-state index in [1.807, 2.05) is 18.3 Å². The Kier molecular flexibility index (Phi) is 4.14. The van der Waals surface area contributed by atoms with E-state index in [4.69, 9.17) is 0 Å². The Balaban J connectivity index is 1.82. The van der Waals surface area contributed by atoms with Crippen molar-refractivity contribution in [3.63, 3.8) is 0 Å². The Morgan fingerprint density at radius 2 is 1.88 bits per heavy atom. The number of nitrogens with one attached hydrogen (secondary N) is 1. The summed E-state index contributed by atoms with van der Waals surface area (Å²) in [7, 11) is 0. The van der Waals surface area contributed by atoms with Gasteiger partial charge in [-0.05, 0) is 36.2 Å². The maximum absolute atomic E-state index is 4.30. The zero-order valence-corrected chi connectivity index (χ0v) is 10.2. The van der Waals surface area contributed by atoms with Gasteiger partial charge in [-0.3, -0.25) is 4.98 Å². The second kappa shape index (κ2) is 6.04. The molecule has 0 atom stereocenters. The van der Waals surface area contributed by atoms with Gasteiger partial charge in [0.2, 0.25) is 0 Å². The first-order valence-electron chi connectivity index (χ1n) is 6.11. The fourth-order valence-electron chi connectivity index (χ4n) is 1.74. The number of benzene rings is 1. The first-order valence-corrected chi connectivity index (χ1v) is 6.11. The van der Waals surface area contributed by atoms with Crippen LogP contribution in [0.2, 0.25) is 0 Å². The zero-order chi connectivity index (χ0) is 11.9.